The molecule has 1 aromatic carbocycles. The van der Waals surface area contributed by atoms with Crippen molar-refractivity contribution in [2.24, 2.45) is 0 Å². The van der Waals surface area contributed by atoms with Gasteiger partial charge in [-0.25, -0.2) is 0 Å². The van der Waals surface area contributed by atoms with Gasteiger partial charge in [-0.3, -0.25) is 0 Å². The Morgan fingerprint density at radius 2 is 1.72 bits per heavy atom. The quantitative estimate of drug-likeness (QED) is 0.700. The Balaban J connectivity index is 2.24. The molecule has 0 N–H and O–H groups in total. The van der Waals surface area contributed by atoms with Crippen LogP contribution in [0.5, 0.6) is 0 Å². The van der Waals surface area contributed by atoms with Crippen molar-refractivity contribution in [2.45, 2.75) is 45.4 Å². The molecule has 1 aromatic heterocycles. The van der Waals surface area contributed by atoms with Crippen molar-refractivity contribution in [3.8, 4) is 5.69 Å². The average molecular weight is 239 g/mol. The summed E-state index contributed by atoms with van der Waals surface area (Å²) in [6, 6.07) is 13.2. The molecule has 0 fully saturated rings. The second-order valence-electron chi connectivity index (χ2n) is 6.28. The lowest BCUT2D eigenvalue weighted by molar-refractivity contribution is 0.552. The maximum atomic E-state index is 2.49. The Kier molecular flexibility index (Phi) is 2.58. The molecule has 1 heterocycles. The standard InChI is InChI=1S/C17H21N/c1-17(2,3)16-12-13-8-7-11-15(13)18(16)14-9-5-4-6-10-14/h4-6,9-10,12H,7-8,11H2,1-3H3. The number of aryl methyl sites for hydroxylation is 1. The van der Waals surface area contributed by atoms with Gasteiger partial charge in [-0.05, 0) is 43.0 Å². The summed E-state index contributed by atoms with van der Waals surface area (Å²) in [5.74, 6) is 0. The maximum Gasteiger partial charge on any atom is 0.0455 e. The van der Waals surface area contributed by atoms with Crippen molar-refractivity contribution >= 4 is 0 Å². The summed E-state index contributed by atoms with van der Waals surface area (Å²) >= 11 is 0. The Hall–Kier alpha value is -1.50. The van der Waals surface area contributed by atoms with Gasteiger partial charge in [0.2, 0.25) is 0 Å². The zero-order chi connectivity index (χ0) is 12.8. The minimum Gasteiger partial charge on any atom is -0.317 e. The van der Waals surface area contributed by atoms with Crippen molar-refractivity contribution in [3.63, 3.8) is 0 Å². The van der Waals surface area contributed by atoms with Crippen molar-refractivity contribution in [2.75, 3.05) is 0 Å². The molecule has 0 aliphatic heterocycles. The number of para-hydroxylation sites is 1. The molecule has 0 bridgehead atoms. The molecule has 1 aliphatic carbocycles. The van der Waals surface area contributed by atoms with E-state index in [1.165, 1.54) is 36.3 Å². The van der Waals surface area contributed by atoms with Gasteiger partial charge in [0.15, 0.2) is 0 Å². The summed E-state index contributed by atoms with van der Waals surface area (Å²) in [6.07, 6.45) is 3.78. The van der Waals surface area contributed by atoms with Gasteiger partial charge in [-0.15, -0.1) is 0 Å². The molecule has 0 atom stereocenters. The van der Waals surface area contributed by atoms with Crippen LogP contribution < -0.4 is 0 Å². The molecule has 0 spiro atoms. The zero-order valence-corrected chi connectivity index (χ0v) is 11.5. The lowest BCUT2D eigenvalue weighted by Gasteiger charge is -2.23. The van der Waals surface area contributed by atoms with Crippen LogP contribution in [0.4, 0.5) is 0 Å². The number of hydrogen-bond donors (Lipinski definition) is 0. The highest BCUT2D eigenvalue weighted by Gasteiger charge is 2.26. The molecule has 0 unspecified atom stereocenters. The fourth-order valence-corrected chi connectivity index (χ4v) is 2.96. The molecule has 1 aliphatic rings. The van der Waals surface area contributed by atoms with E-state index >= 15 is 0 Å². The highest BCUT2D eigenvalue weighted by molar-refractivity contribution is 5.45. The third-order valence-corrected chi connectivity index (χ3v) is 3.83. The molecule has 94 valence electrons. The predicted octanol–water partition coefficient (Wildman–Crippen LogP) is 4.26. The lowest BCUT2D eigenvalue weighted by Crippen LogP contribution is -2.17. The monoisotopic (exact) mass is 239 g/mol. The SMILES string of the molecule is CC(C)(C)c1cc2c(n1-c1ccccc1)CCC2. The molecule has 3 rings (SSSR count). The summed E-state index contributed by atoms with van der Waals surface area (Å²) in [5, 5.41) is 0. The minimum absolute atomic E-state index is 0.195. The van der Waals surface area contributed by atoms with Gasteiger partial charge in [-0.1, -0.05) is 39.0 Å². The van der Waals surface area contributed by atoms with Gasteiger partial charge in [0.05, 0.1) is 0 Å². The van der Waals surface area contributed by atoms with Crippen LogP contribution in [0, 0.1) is 0 Å². The van der Waals surface area contributed by atoms with E-state index in [0.29, 0.717) is 0 Å². The second kappa shape index (κ2) is 4.01. The van der Waals surface area contributed by atoms with Gasteiger partial charge in [0.1, 0.15) is 0 Å². The average Bonchev–Trinajstić information content (AvgIpc) is 2.88. The summed E-state index contributed by atoms with van der Waals surface area (Å²) in [4.78, 5) is 0. The first-order valence-corrected chi connectivity index (χ1v) is 6.87. The van der Waals surface area contributed by atoms with E-state index in [2.05, 4.69) is 61.7 Å². The van der Waals surface area contributed by atoms with Crippen molar-refractivity contribution in [3.05, 3.63) is 53.3 Å². The molecular weight excluding hydrogens is 218 g/mol. The fourth-order valence-electron chi connectivity index (χ4n) is 2.96. The molecular formula is C17H21N. The van der Waals surface area contributed by atoms with Crippen LogP contribution in [0.25, 0.3) is 5.69 Å². The van der Waals surface area contributed by atoms with E-state index in [-0.39, 0.29) is 5.41 Å². The van der Waals surface area contributed by atoms with Crippen LogP contribution in [0.1, 0.15) is 44.1 Å². The van der Waals surface area contributed by atoms with Crippen molar-refractivity contribution in [1.29, 1.82) is 0 Å². The molecule has 0 radical (unpaired) electrons. The predicted molar refractivity (Wildman–Crippen MR) is 76.5 cm³/mol. The summed E-state index contributed by atoms with van der Waals surface area (Å²) < 4.78 is 2.49. The summed E-state index contributed by atoms with van der Waals surface area (Å²) in [5.41, 5.74) is 6.04. The van der Waals surface area contributed by atoms with Crippen LogP contribution in [0.15, 0.2) is 36.4 Å². The first-order chi connectivity index (χ1) is 8.57. The number of benzene rings is 1. The van der Waals surface area contributed by atoms with Gasteiger partial charge in [0.25, 0.3) is 0 Å². The Labute approximate surface area is 109 Å². The molecule has 0 saturated heterocycles. The Bertz CT molecular complexity index is 555. The minimum atomic E-state index is 0.195. The van der Waals surface area contributed by atoms with Gasteiger partial charge < -0.3 is 4.57 Å². The van der Waals surface area contributed by atoms with Crippen LogP contribution in [-0.4, -0.2) is 4.57 Å². The number of nitrogens with zero attached hydrogens (tertiary/aromatic N) is 1. The Morgan fingerprint density at radius 1 is 1.00 bits per heavy atom. The van der Waals surface area contributed by atoms with E-state index < -0.39 is 0 Å². The third kappa shape index (κ3) is 1.78. The zero-order valence-electron chi connectivity index (χ0n) is 11.5. The van der Waals surface area contributed by atoms with Gasteiger partial charge in [0, 0.05) is 22.5 Å². The number of hydrogen-bond acceptors (Lipinski definition) is 0. The van der Waals surface area contributed by atoms with Crippen molar-refractivity contribution < 1.29 is 0 Å². The van der Waals surface area contributed by atoms with E-state index in [4.69, 9.17) is 0 Å². The van der Waals surface area contributed by atoms with E-state index in [9.17, 15) is 0 Å². The van der Waals surface area contributed by atoms with Crippen LogP contribution in [0.3, 0.4) is 0 Å². The molecule has 18 heavy (non-hydrogen) atoms. The summed E-state index contributed by atoms with van der Waals surface area (Å²) in [6.45, 7) is 6.91. The largest absolute Gasteiger partial charge is 0.317 e. The first kappa shape index (κ1) is 11.6. The highest BCUT2D eigenvalue weighted by Crippen LogP contribution is 2.34. The third-order valence-electron chi connectivity index (χ3n) is 3.83. The van der Waals surface area contributed by atoms with E-state index in [1.807, 2.05) is 0 Å². The first-order valence-electron chi connectivity index (χ1n) is 6.87. The molecule has 1 nitrogen and oxygen atoms in total. The second-order valence-corrected chi connectivity index (χ2v) is 6.28. The lowest BCUT2D eigenvalue weighted by atomic mass is 9.91. The van der Waals surface area contributed by atoms with Crippen molar-refractivity contribution in [1.82, 2.24) is 4.57 Å². The fraction of sp³-hybridized carbons (Fsp3) is 0.412. The van der Waals surface area contributed by atoms with E-state index in [0.717, 1.165) is 0 Å². The van der Waals surface area contributed by atoms with Gasteiger partial charge in [-0.2, -0.15) is 0 Å². The van der Waals surface area contributed by atoms with Crippen LogP contribution in [-0.2, 0) is 18.3 Å². The molecule has 0 saturated carbocycles. The Morgan fingerprint density at radius 3 is 2.39 bits per heavy atom. The molecule has 1 heteroatoms. The van der Waals surface area contributed by atoms with E-state index in [1.54, 1.807) is 5.56 Å². The number of aromatic nitrogens is 1. The molecule has 2 aromatic rings. The summed E-state index contributed by atoms with van der Waals surface area (Å²) in [7, 11) is 0. The smallest absolute Gasteiger partial charge is 0.0455 e. The number of fused-ring (bicyclic) bond motifs is 1. The normalized spacial score (nSPS) is 14.8. The van der Waals surface area contributed by atoms with Crippen LogP contribution >= 0.6 is 0 Å². The topological polar surface area (TPSA) is 4.93 Å². The van der Waals surface area contributed by atoms with Crippen LogP contribution in [0.2, 0.25) is 0 Å². The maximum absolute atomic E-state index is 2.49. The molecule has 0 amide bonds. The van der Waals surface area contributed by atoms with Gasteiger partial charge >= 0.3 is 0 Å². The number of rotatable bonds is 1. The highest BCUT2D eigenvalue weighted by atomic mass is 15.0.